The number of hydrogen-bond acceptors (Lipinski definition) is 1. The molecule has 1 fully saturated rings. The normalized spacial score (nSPS) is 15.0. The average Bonchev–Trinajstić information content (AvgIpc) is 3.16. The van der Waals surface area contributed by atoms with E-state index in [1.54, 1.807) is 0 Å². The summed E-state index contributed by atoms with van der Waals surface area (Å²) in [5.41, 5.74) is 10.1. The zero-order valence-corrected chi connectivity index (χ0v) is 14.3. The predicted octanol–water partition coefficient (Wildman–Crippen LogP) is 2.87. The van der Waals surface area contributed by atoms with Crippen molar-refractivity contribution in [1.29, 1.82) is 0 Å². The summed E-state index contributed by atoms with van der Waals surface area (Å²) in [6, 6.07) is 7.05. The second-order valence-corrected chi connectivity index (χ2v) is 5.20. The molecule has 0 saturated heterocycles. The van der Waals surface area contributed by atoms with Gasteiger partial charge in [0.2, 0.25) is 0 Å². The van der Waals surface area contributed by atoms with Gasteiger partial charge in [-0.25, -0.2) is 0 Å². The number of benzene rings is 1. The fourth-order valence-corrected chi connectivity index (χ4v) is 2.29. The summed E-state index contributed by atoms with van der Waals surface area (Å²) in [5.74, 6) is 0.684. The maximum Gasteiger partial charge on any atom is 0.191 e. The summed E-state index contributed by atoms with van der Waals surface area (Å²) < 4.78 is 0. The van der Waals surface area contributed by atoms with Crippen molar-refractivity contribution in [3.8, 4) is 0 Å². The van der Waals surface area contributed by atoms with Crippen LogP contribution in [0.1, 0.15) is 29.5 Å². The molecule has 0 bridgehead atoms. The molecule has 0 atom stereocenters. The highest BCUT2D eigenvalue weighted by Crippen LogP contribution is 2.24. The average molecular weight is 373 g/mol. The van der Waals surface area contributed by atoms with Gasteiger partial charge in [0.25, 0.3) is 0 Å². The van der Waals surface area contributed by atoms with Crippen molar-refractivity contribution in [2.75, 3.05) is 13.6 Å². The van der Waals surface area contributed by atoms with Crippen LogP contribution >= 0.6 is 24.0 Å². The second-order valence-electron chi connectivity index (χ2n) is 5.20. The Morgan fingerprint density at radius 3 is 2.42 bits per heavy atom. The molecule has 1 aliphatic rings. The molecule has 2 rings (SSSR count). The monoisotopic (exact) mass is 373 g/mol. The topological polar surface area (TPSA) is 41.6 Å². The number of rotatable bonds is 4. The van der Waals surface area contributed by atoms with Crippen molar-refractivity contribution in [3.05, 3.63) is 34.9 Å². The summed E-state index contributed by atoms with van der Waals surface area (Å²) in [5, 5.41) is 0. The largest absolute Gasteiger partial charge is 0.370 e. The van der Waals surface area contributed by atoms with Crippen LogP contribution < -0.4 is 5.73 Å². The number of nitrogens with zero attached hydrogens (tertiary/aromatic N) is 2. The highest BCUT2D eigenvalue weighted by Gasteiger charge is 2.27. The van der Waals surface area contributed by atoms with Crippen LogP contribution in [0.25, 0.3) is 0 Å². The lowest BCUT2D eigenvalue weighted by Gasteiger charge is -2.17. The van der Waals surface area contributed by atoms with E-state index in [-0.39, 0.29) is 24.0 Å². The highest BCUT2D eigenvalue weighted by molar-refractivity contribution is 14.0. The van der Waals surface area contributed by atoms with Crippen molar-refractivity contribution in [3.63, 3.8) is 0 Å². The van der Waals surface area contributed by atoms with Gasteiger partial charge >= 0.3 is 0 Å². The second kappa shape index (κ2) is 7.12. The summed E-state index contributed by atoms with van der Waals surface area (Å²) in [4.78, 5) is 6.59. The first-order valence-corrected chi connectivity index (χ1v) is 6.67. The Labute approximate surface area is 133 Å². The molecule has 0 amide bonds. The van der Waals surface area contributed by atoms with Crippen LogP contribution in [0.5, 0.6) is 0 Å². The van der Waals surface area contributed by atoms with Gasteiger partial charge in [0.15, 0.2) is 5.96 Å². The zero-order chi connectivity index (χ0) is 13.1. The van der Waals surface area contributed by atoms with Crippen molar-refractivity contribution in [1.82, 2.24) is 4.90 Å². The van der Waals surface area contributed by atoms with E-state index in [2.05, 4.69) is 41.9 Å². The predicted molar refractivity (Wildman–Crippen MR) is 92.3 cm³/mol. The summed E-state index contributed by atoms with van der Waals surface area (Å²) in [6.07, 6.45) is 3.48. The van der Waals surface area contributed by atoms with Gasteiger partial charge in [-0.1, -0.05) is 18.2 Å². The first-order chi connectivity index (χ1) is 8.59. The molecule has 0 spiro atoms. The van der Waals surface area contributed by atoms with Gasteiger partial charge in [-0.2, -0.15) is 0 Å². The van der Waals surface area contributed by atoms with Gasteiger partial charge in [-0.05, 0) is 49.8 Å². The molecule has 3 nitrogen and oxygen atoms in total. The standard InChI is InChI=1S/C15H23N3.HI/c1-11-5-4-6-12(2)14(11)9-10-17-15(16)18(3)13-7-8-13;/h4-6,13H,7-10H2,1-3H3,(H2,16,17);1H. The number of guanidine groups is 1. The van der Waals surface area contributed by atoms with Crippen LogP contribution in [-0.4, -0.2) is 30.5 Å². The minimum absolute atomic E-state index is 0. The van der Waals surface area contributed by atoms with E-state index in [0.29, 0.717) is 12.0 Å². The smallest absolute Gasteiger partial charge is 0.191 e. The van der Waals surface area contributed by atoms with E-state index in [1.165, 1.54) is 29.5 Å². The van der Waals surface area contributed by atoms with Gasteiger partial charge in [-0.15, -0.1) is 24.0 Å². The van der Waals surface area contributed by atoms with Crippen molar-refractivity contribution < 1.29 is 0 Å². The van der Waals surface area contributed by atoms with Gasteiger partial charge in [0.1, 0.15) is 0 Å². The molecule has 0 heterocycles. The molecule has 0 radical (unpaired) electrons. The molecular weight excluding hydrogens is 349 g/mol. The number of aliphatic imine (C=N–C) groups is 1. The number of halogens is 1. The molecule has 0 aromatic heterocycles. The Balaban J connectivity index is 0.00000180. The molecule has 2 N–H and O–H groups in total. The Morgan fingerprint density at radius 1 is 1.32 bits per heavy atom. The molecular formula is C15H24IN3. The van der Waals surface area contributed by atoms with Crippen LogP contribution in [0, 0.1) is 13.8 Å². The van der Waals surface area contributed by atoms with Crippen molar-refractivity contribution in [2.24, 2.45) is 10.7 Å². The minimum atomic E-state index is 0. The zero-order valence-electron chi connectivity index (χ0n) is 12.0. The fourth-order valence-electron chi connectivity index (χ4n) is 2.29. The maximum absolute atomic E-state index is 5.97. The van der Waals surface area contributed by atoms with E-state index in [9.17, 15) is 0 Å². The van der Waals surface area contributed by atoms with E-state index >= 15 is 0 Å². The minimum Gasteiger partial charge on any atom is -0.370 e. The fraction of sp³-hybridized carbons (Fsp3) is 0.533. The molecule has 0 unspecified atom stereocenters. The molecule has 1 aliphatic carbocycles. The van der Waals surface area contributed by atoms with Crippen LogP contribution in [-0.2, 0) is 6.42 Å². The van der Waals surface area contributed by atoms with Gasteiger partial charge in [-0.3, -0.25) is 4.99 Å². The Hall–Kier alpha value is -0.780. The van der Waals surface area contributed by atoms with E-state index < -0.39 is 0 Å². The molecule has 19 heavy (non-hydrogen) atoms. The molecule has 106 valence electrons. The van der Waals surface area contributed by atoms with E-state index in [0.717, 1.165) is 13.0 Å². The first kappa shape index (κ1) is 16.3. The van der Waals surface area contributed by atoms with E-state index in [1.807, 2.05) is 7.05 Å². The number of nitrogens with two attached hydrogens (primary N) is 1. The third-order valence-electron chi connectivity index (χ3n) is 3.74. The molecule has 4 heteroatoms. The summed E-state index contributed by atoms with van der Waals surface area (Å²) >= 11 is 0. The maximum atomic E-state index is 5.97. The van der Waals surface area contributed by atoms with Crippen LogP contribution in [0.4, 0.5) is 0 Å². The van der Waals surface area contributed by atoms with Gasteiger partial charge in [0.05, 0.1) is 0 Å². The SMILES string of the molecule is Cc1cccc(C)c1CCN=C(N)N(C)C1CC1.I. The molecule has 1 saturated carbocycles. The third kappa shape index (κ3) is 4.37. The molecule has 1 aromatic rings. The van der Waals surface area contributed by atoms with Crippen molar-refractivity contribution in [2.45, 2.75) is 39.2 Å². The molecule has 0 aliphatic heterocycles. The van der Waals surface area contributed by atoms with Crippen LogP contribution in [0.15, 0.2) is 23.2 Å². The molecule has 1 aromatic carbocycles. The third-order valence-corrected chi connectivity index (χ3v) is 3.74. The van der Waals surface area contributed by atoms with E-state index in [4.69, 9.17) is 5.73 Å². The van der Waals surface area contributed by atoms with Gasteiger partial charge in [0, 0.05) is 19.6 Å². The Morgan fingerprint density at radius 2 is 1.89 bits per heavy atom. The lowest BCUT2D eigenvalue weighted by molar-refractivity contribution is 0.487. The summed E-state index contributed by atoms with van der Waals surface area (Å²) in [6.45, 7) is 5.09. The van der Waals surface area contributed by atoms with Crippen molar-refractivity contribution >= 4 is 29.9 Å². The van der Waals surface area contributed by atoms with Crippen LogP contribution in [0.2, 0.25) is 0 Å². The highest BCUT2D eigenvalue weighted by atomic mass is 127. The lowest BCUT2D eigenvalue weighted by Crippen LogP contribution is -2.35. The number of aryl methyl sites for hydroxylation is 2. The van der Waals surface area contributed by atoms with Gasteiger partial charge < -0.3 is 10.6 Å². The Bertz CT molecular complexity index is 432. The lowest BCUT2D eigenvalue weighted by atomic mass is 10.0. The first-order valence-electron chi connectivity index (χ1n) is 6.67. The van der Waals surface area contributed by atoms with Crippen LogP contribution in [0.3, 0.4) is 0 Å². The quantitative estimate of drug-likeness (QED) is 0.501. The summed E-state index contributed by atoms with van der Waals surface area (Å²) in [7, 11) is 2.04. The Kier molecular flexibility index (Phi) is 6.10. The number of hydrogen-bond donors (Lipinski definition) is 1.